The number of amides is 1. The predicted octanol–water partition coefficient (Wildman–Crippen LogP) is 5.52. The summed E-state index contributed by atoms with van der Waals surface area (Å²) < 4.78 is 77.8. The van der Waals surface area contributed by atoms with Crippen LogP contribution in [0.2, 0.25) is 22.2 Å². The molecule has 1 amide bonds. The lowest BCUT2D eigenvalue weighted by Gasteiger charge is -2.49. The Labute approximate surface area is 364 Å². The number of rotatable bonds is 17. The molecule has 0 aliphatic carbocycles. The number of aliphatic hydroxyl groups is 1. The summed E-state index contributed by atoms with van der Waals surface area (Å²) >= 11 is 0. The Bertz CT molecular complexity index is 1610. The number of nitrogens with one attached hydrogen (secondary N) is 1. The minimum Gasteiger partial charge on any atom is -0.497 e. The van der Waals surface area contributed by atoms with Gasteiger partial charge in [0.15, 0.2) is 12.1 Å². The Morgan fingerprint density at radius 3 is 2.03 bits per heavy atom. The van der Waals surface area contributed by atoms with E-state index in [0.29, 0.717) is 5.75 Å². The second-order valence-electron chi connectivity index (χ2n) is 18.1. The molecule has 0 bridgehead atoms. The van der Waals surface area contributed by atoms with Gasteiger partial charge in [0.05, 0.1) is 46.8 Å². The topological polar surface area (TPSA) is 177 Å². The zero-order valence-corrected chi connectivity index (χ0v) is 40.3. The summed E-state index contributed by atoms with van der Waals surface area (Å²) in [4.78, 5) is 27.1. The predicted molar refractivity (Wildman–Crippen MR) is 228 cm³/mol. The van der Waals surface area contributed by atoms with Crippen molar-refractivity contribution in [3.8, 4) is 5.75 Å². The number of benzene rings is 1. The maximum atomic E-state index is 14.2. The SMILES string of the molecule is C=CCO[C@@H]1O[C@H](CO[C@]2(C(=O)OC)C[C@@H](OCc3ccc(OC)cc3)[C@@H](O)[C@@H]([C@H]3COC(C)(C)O3)O2)[C@H]2O[Si](C(C)C)(C(C)C)O[Si](C(C)C)(C(C)C)O[C@@H]2[C@H]1NC(C)=O. The lowest BCUT2D eigenvalue weighted by Crippen LogP contribution is -2.69. The van der Waals surface area contributed by atoms with Crippen LogP contribution in [0.25, 0.3) is 0 Å². The van der Waals surface area contributed by atoms with Gasteiger partial charge in [0.25, 0.3) is 5.79 Å². The van der Waals surface area contributed by atoms with Gasteiger partial charge in [-0.05, 0) is 53.7 Å². The molecule has 4 heterocycles. The Balaban J connectivity index is 1.59. The van der Waals surface area contributed by atoms with E-state index in [1.165, 1.54) is 14.0 Å². The van der Waals surface area contributed by atoms with Gasteiger partial charge in [0.2, 0.25) is 5.91 Å². The number of aliphatic hydroxyl groups excluding tert-OH is 1. The molecule has 1 aromatic rings. The third-order valence-electron chi connectivity index (χ3n) is 12.1. The van der Waals surface area contributed by atoms with Gasteiger partial charge in [-0.2, -0.15) is 0 Å². The Morgan fingerprint density at radius 2 is 1.52 bits per heavy atom. The molecule has 0 radical (unpaired) electrons. The van der Waals surface area contributed by atoms with E-state index in [-0.39, 0.29) is 60.9 Å². The Kier molecular flexibility index (Phi) is 16.5. The highest BCUT2D eigenvalue weighted by Gasteiger charge is 2.65. The van der Waals surface area contributed by atoms with Crippen LogP contribution in [0.4, 0.5) is 0 Å². The molecular weight excluding hydrogens is 827 g/mol. The van der Waals surface area contributed by atoms with Crippen LogP contribution in [0.3, 0.4) is 0 Å². The molecule has 0 aromatic heterocycles. The van der Waals surface area contributed by atoms with Gasteiger partial charge in [0, 0.05) is 13.3 Å². The summed E-state index contributed by atoms with van der Waals surface area (Å²) in [5.74, 6) is -3.61. The highest BCUT2D eigenvalue weighted by atomic mass is 28.5. The van der Waals surface area contributed by atoms with Crippen LogP contribution in [0.1, 0.15) is 88.1 Å². The number of ether oxygens (including phenoxy) is 9. The average molecular weight is 898 g/mol. The highest BCUT2D eigenvalue weighted by Crippen LogP contribution is 2.50. The largest absolute Gasteiger partial charge is 0.497 e. The molecule has 0 unspecified atom stereocenters. The van der Waals surface area contributed by atoms with Crippen LogP contribution in [0.15, 0.2) is 36.9 Å². The molecule has 0 spiro atoms. The van der Waals surface area contributed by atoms with Crippen LogP contribution < -0.4 is 10.1 Å². The van der Waals surface area contributed by atoms with Crippen LogP contribution in [-0.2, 0) is 67.1 Å². The number of methoxy groups -OCH3 is 2. The second kappa shape index (κ2) is 20.3. The summed E-state index contributed by atoms with van der Waals surface area (Å²) in [5, 5.41) is 14.9. The Morgan fingerprint density at radius 1 is 0.918 bits per heavy atom. The summed E-state index contributed by atoms with van der Waals surface area (Å²) in [6.07, 6.45) is -6.63. The fourth-order valence-corrected chi connectivity index (χ4v) is 20.3. The van der Waals surface area contributed by atoms with Crippen molar-refractivity contribution in [2.45, 2.75) is 178 Å². The maximum absolute atomic E-state index is 14.2. The van der Waals surface area contributed by atoms with Gasteiger partial charge < -0.3 is 66.0 Å². The molecule has 346 valence electrons. The van der Waals surface area contributed by atoms with Crippen LogP contribution in [-0.4, -0.2) is 135 Å². The maximum Gasteiger partial charge on any atom is 0.366 e. The number of hydrogen-bond acceptors (Lipinski definition) is 15. The quantitative estimate of drug-likeness (QED) is 0.113. The molecule has 4 saturated heterocycles. The van der Waals surface area contributed by atoms with Gasteiger partial charge in [0.1, 0.15) is 48.4 Å². The van der Waals surface area contributed by atoms with Crippen molar-refractivity contribution in [2.75, 3.05) is 34.0 Å². The molecule has 61 heavy (non-hydrogen) atoms. The van der Waals surface area contributed by atoms with Crippen molar-refractivity contribution in [3.63, 3.8) is 0 Å². The Hall–Kier alpha value is -2.31. The molecule has 16 nitrogen and oxygen atoms in total. The summed E-state index contributed by atoms with van der Waals surface area (Å²) in [6, 6.07) is 6.50. The van der Waals surface area contributed by atoms with E-state index in [0.717, 1.165) is 5.56 Å². The fourth-order valence-electron chi connectivity index (χ4n) is 8.93. The molecule has 4 aliphatic heterocycles. The molecule has 2 N–H and O–H groups in total. The normalized spacial score (nSPS) is 33.3. The fraction of sp³-hybridized carbons (Fsp3) is 0.767. The highest BCUT2D eigenvalue weighted by molar-refractivity contribution is 6.84. The molecule has 0 saturated carbocycles. The van der Waals surface area contributed by atoms with Crippen LogP contribution >= 0.6 is 0 Å². The molecule has 18 heteroatoms. The molecule has 4 aliphatic rings. The van der Waals surface area contributed by atoms with Crippen molar-refractivity contribution >= 4 is 29.0 Å². The van der Waals surface area contributed by atoms with E-state index in [2.05, 4.69) is 67.3 Å². The lowest BCUT2D eigenvalue weighted by molar-refractivity contribution is -0.342. The number of hydrogen-bond donors (Lipinski definition) is 2. The first kappa shape index (κ1) is 49.7. The minimum atomic E-state index is -3.23. The molecular formula is C43H71NO15Si2. The second-order valence-corrected chi connectivity index (χ2v) is 26.9. The molecule has 10 atom stereocenters. The van der Waals surface area contributed by atoms with Crippen molar-refractivity contribution < 1.29 is 70.3 Å². The third kappa shape index (κ3) is 10.6. The number of carbonyl (C=O) groups is 2. The van der Waals surface area contributed by atoms with E-state index in [9.17, 15) is 14.7 Å². The van der Waals surface area contributed by atoms with Gasteiger partial charge in [-0.15, -0.1) is 6.58 Å². The van der Waals surface area contributed by atoms with Crippen LogP contribution in [0.5, 0.6) is 5.75 Å². The first-order chi connectivity index (χ1) is 28.7. The number of carbonyl (C=O) groups excluding carboxylic acids is 2. The summed E-state index contributed by atoms with van der Waals surface area (Å²) in [5.41, 5.74) is 0.736. The lowest BCUT2D eigenvalue weighted by atomic mass is 9.92. The summed E-state index contributed by atoms with van der Waals surface area (Å²) in [6.45, 7) is 25.6. The third-order valence-corrected chi connectivity index (χ3v) is 22.4. The summed E-state index contributed by atoms with van der Waals surface area (Å²) in [7, 11) is -3.60. The van der Waals surface area contributed by atoms with Crippen molar-refractivity contribution in [3.05, 3.63) is 42.5 Å². The van der Waals surface area contributed by atoms with E-state index in [1.807, 2.05) is 24.3 Å². The number of fused-ring (bicyclic) bond motifs is 1. The van der Waals surface area contributed by atoms with E-state index in [4.69, 9.17) is 55.6 Å². The zero-order valence-electron chi connectivity index (χ0n) is 38.3. The minimum absolute atomic E-state index is 0.00880. The van der Waals surface area contributed by atoms with E-state index < -0.39 is 89.7 Å². The van der Waals surface area contributed by atoms with Gasteiger partial charge in [-0.1, -0.05) is 73.6 Å². The number of esters is 1. The first-order valence-corrected chi connectivity index (χ1v) is 25.5. The van der Waals surface area contributed by atoms with Gasteiger partial charge >= 0.3 is 23.1 Å². The van der Waals surface area contributed by atoms with Gasteiger partial charge in [-0.3, -0.25) is 4.79 Å². The van der Waals surface area contributed by atoms with E-state index >= 15 is 0 Å². The van der Waals surface area contributed by atoms with Gasteiger partial charge in [-0.25, -0.2) is 4.79 Å². The molecule has 1 aromatic carbocycles. The monoisotopic (exact) mass is 897 g/mol. The van der Waals surface area contributed by atoms with Crippen molar-refractivity contribution in [1.82, 2.24) is 5.32 Å². The van der Waals surface area contributed by atoms with E-state index in [1.54, 1.807) is 27.0 Å². The van der Waals surface area contributed by atoms with Crippen molar-refractivity contribution in [2.24, 2.45) is 0 Å². The average Bonchev–Trinajstić information content (AvgIpc) is 3.47. The first-order valence-electron chi connectivity index (χ1n) is 21.5. The smallest absolute Gasteiger partial charge is 0.366 e. The zero-order chi connectivity index (χ0) is 45.1. The van der Waals surface area contributed by atoms with Crippen LogP contribution in [0, 0.1) is 0 Å². The standard InChI is InChI=1S/C43H71NO15Si2/c1-15-20-50-40-35(44-29(10)45)39-38(57-60(25(2)3,26(4)5)59-61(58-39,27(6)7)28(8)9)33(54-40)23-53-43(41(47)49-14)21-32(51-22-30-16-18-31(48-13)19-17-30)36(46)37(56-43)34-24-52-42(11,12)55-34/h15-19,25-28,32-40,46H,1,20-24H2,2-14H3,(H,44,45)/t32-,33-,34-,35-,36-,37-,38-,39-,40-,43-/m1/s1. The molecule has 5 rings (SSSR count). The van der Waals surface area contributed by atoms with Crippen molar-refractivity contribution in [1.29, 1.82) is 0 Å². The molecule has 4 fully saturated rings.